The Balaban J connectivity index is 1.64. The van der Waals surface area contributed by atoms with Crippen LogP contribution in [0.3, 0.4) is 0 Å². The van der Waals surface area contributed by atoms with E-state index in [4.69, 9.17) is 35.4 Å². The summed E-state index contributed by atoms with van der Waals surface area (Å²) in [6.45, 7) is 0. The maximum absolute atomic E-state index is 13.3. The van der Waals surface area contributed by atoms with Gasteiger partial charge in [0, 0.05) is 16.2 Å². The third kappa shape index (κ3) is 4.87. The minimum absolute atomic E-state index is 0.0346. The van der Waals surface area contributed by atoms with E-state index in [-0.39, 0.29) is 10.6 Å². The number of hydrogen-bond acceptors (Lipinski definition) is 1. The van der Waals surface area contributed by atoms with Crippen LogP contribution in [0.5, 0.6) is 0 Å². The van der Waals surface area contributed by atoms with Crippen LogP contribution in [0, 0.1) is 5.82 Å². The molecule has 6 heteroatoms. The van der Waals surface area contributed by atoms with Gasteiger partial charge in [-0.25, -0.2) is 4.39 Å². The van der Waals surface area contributed by atoms with Crippen molar-refractivity contribution in [1.82, 2.24) is 5.32 Å². The maximum Gasteiger partial charge on any atom is 0.171 e. The molecule has 2 aromatic carbocycles. The highest BCUT2D eigenvalue weighted by Gasteiger charge is 2.34. The van der Waals surface area contributed by atoms with E-state index in [1.165, 1.54) is 25.0 Å². The van der Waals surface area contributed by atoms with Gasteiger partial charge in [0.2, 0.25) is 0 Å². The number of aryl methyl sites for hydroxylation is 1. The van der Waals surface area contributed by atoms with Crippen LogP contribution in [0.15, 0.2) is 42.5 Å². The first-order chi connectivity index (χ1) is 12.5. The van der Waals surface area contributed by atoms with Gasteiger partial charge in [0.1, 0.15) is 5.82 Å². The molecule has 0 amide bonds. The monoisotopic (exact) mass is 410 g/mol. The van der Waals surface area contributed by atoms with Gasteiger partial charge in [0.25, 0.3) is 0 Å². The van der Waals surface area contributed by atoms with E-state index in [0.29, 0.717) is 10.8 Å². The molecule has 0 atom stereocenters. The topological polar surface area (TPSA) is 24.1 Å². The Morgan fingerprint density at radius 3 is 2.50 bits per heavy atom. The molecule has 1 fully saturated rings. The lowest BCUT2D eigenvalue weighted by molar-refractivity contribution is 0.362. The van der Waals surface area contributed by atoms with Gasteiger partial charge in [0.05, 0.1) is 5.02 Å². The van der Waals surface area contributed by atoms with Gasteiger partial charge in [-0.2, -0.15) is 0 Å². The minimum atomic E-state index is -0.442. The number of thiocarbonyl (C=S) groups is 1. The van der Waals surface area contributed by atoms with Crippen molar-refractivity contribution in [2.45, 2.75) is 44.1 Å². The molecule has 0 bridgehead atoms. The van der Waals surface area contributed by atoms with Crippen LogP contribution in [-0.2, 0) is 6.42 Å². The second-order valence-electron chi connectivity index (χ2n) is 6.79. The summed E-state index contributed by atoms with van der Waals surface area (Å²) < 4.78 is 13.3. The summed E-state index contributed by atoms with van der Waals surface area (Å²) in [4.78, 5) is 0. The van der Waals surface area contributed by atoms with Gasteiger partial charge < -0.3 is 10.6 Å². The molecule has 3 rings (SSSR count). The van der Waals surface area contributed by atoms with Crippen molar-refractivity contribution in [2.75, 3.05) is 5.32 Å². The van der Waals surface area contributed by atoms with Crippen molar-refractivity contribution in [3.05, 3.63) is 63.9 Å². The van der Waals surface area contributed by atoms with Gasteiger partial charge in [-0.05, 0) is 67.7 Å². The molecule has 1 aliphatic rings. The zero-order chi connectivity index (χ0) is 18.6. The molecule has 0 unspecified atom stereocenters. The normalized spacial score (nSPS) is 15.7. The van der Waals surface area contributed by atoms with Crippen molar-refractivity contribution in [2.24, 2.45) is 0 Å². The molecule has 0 radical (unpaired) electrons. The Kier molecular flexibility index (Phi) is 6.38. The first-order valence-electron chi connectivity index (χ1n) is 8.75. The van der Waals surface area contributed by atoms with Crippen LogP contribution in [-0.4, -0.2) is 10.7 Å². The fraction of sp³-hybridized carbons (Fsp3) is 0.350. The van der Waals surface area contributed by atoms with Crippen molar-refractivity contribution in [3.8, 4) is 0 Å². The smallest absolute Gasteiger partial charge is 0.171 e. The molecular weight excluding hydrogens is 390 g/mol. The first-order valence-corrected chi connectivity index (χ1v) is 9.91. The van der Waals surface area contributed by atoms with Crippen molar-refractivity contribution in [1.29, 1.82) is 0 Å². The summed E-state index contributed by atoms with van der Waals surface area (Å²) in [5.74, 6) is -0.442. The van der Waals surface area contributed by atoms with Gasteiger partial charge in [-0.1, -0.05) is 54.2 Å². The number of hydrogen-bond donors (Lipinski definition) is 2. The Morgan fingerprint density at radius 1 is 1.08 bits per heavy atom. The molecule has 0 aliphatic heterocycles. The molecule has 1 aliphatic carbocycles. The van der Waals surface area contributed by atoms with Crippen LogP contribution in [0.4, 0.5) is 10.1 Å². The highest BCUT2D eigenvalue weighted by Crippen LogP contribution is 2.34. The molecule has 0 heterocycles. The third-order valence-corrected chi connectivity index (χ3v) is 5.81. The summed E-state index contributed by atoms with van der Waals surface area (Å²) in [7, 11) is 0. The van der Waals surface area contributed by atoms with Crippen LogP contribution >= 0.6 is 35.4 Å². The third-order valence-electron chi connectivity index (χ3n) is 4.95. The molecule has 0 saturated heterocycles. The molecular formula is C20H21Cl2FN2S. The quantitative estimate of drug-likeness (QED) is 0.560. The van der Waals surface area contributed by atoms with Crippen LogP contribution in [0.2, 0.25) is 10.0 Å². The number of anilines is 1. The average molecular weight is 411 g/mol. The molecule has 26 heavy (non-hydrogen) atoms. The summed E-state index contributed by atoms with van der Waals surface area (Å²) in [5.41, 5.74) is 1.80. The van der Waals surface area contributed by atoms with E-state index in [9.17, 15) is 4.39 Å². The summed E-state index contributed by atoms with van der Waals surface area (Å²) >= 11 is 17.6. The van der Waals surface area contributed by atoms with Gasteiger partial charge >= 0.3 is 0 Å². The number of nitrogens with one attached hydrogen (secondary N) is 2. The maximum atomic E-state index is 13.3. The second-order valence-corrected chi connectivity index (χ2v) is 8.01. The highest BCUT2D eigenvalue weighted by atomic mass is 35.5. The highest BCUT2D eigenvalue weighted by molar-refractivity contribution is 7.80. The Labute approximate surface area is 169 Å². The lowest BCUT2D eigenvalue weighted by atomic mass is 9.89. The van der Waals surface area contributed by atoms with E-state index in [2.05, 4.69) is 16.7 Å². The molecule has 0 aromatic heterocycles. The van der Waals surface area contributed by atoms with E-state index < -0.39 is 5.82 Å². The standard InChI is InChI=1S/C20H21Cl2FN2S/c21-16-6-2-1-5-14(16)9-12-20(10-3-4-11-20)25-19(26)24-15-7-8-18(23)17(22)13-15/h1-2,5-8,13H,3-4,9-12H2,(H2,24,25,26). The minimum Gasteiger partial charge on any atom is -0.357 e. The molecule has 1 saturated carbocycles. The van der Waals surface area contributed by atoms with Crippen molar-refractivity contribution < 1.29 is 4.39 Å². The Morgan fingerprint density at radius 2 is 1.81 bits per heavy atom. The van der Waals surface area contributed by atoms with E-state index in [1.807, 2.05) is 18.2 Å². The largest absolute Gasteiger partial charge is 0.357 e. The summed E-state index contributed by atoms with van der Waals surface area (Å²) in [6, 6.07) is 12.5. The average Bonchev–Trinajstić information content (AvgIpc) is 3.06. The van der Waals surface area contributed by atoms with Gasteiger partial charge in [-0.3, -0.25) is 0 Å². The van der Waals surface area contributed by atoms with E-state index >= 15 is 0 Å². The molecule has 2 nitrogen and oxygen atoms in total. The zero-order valence-corrected chi connectivity index (χ0v) is 16.7. The number of halogens is 3. The predicted molar refractivity (Wildman–Crippen MR) is 112 cm³/mol. The first kappa shape index (κ1) is 19.4. The zero-order valence-electron chi connectivity index (χ0n) is 14.3. The summed E-state index contributed by atoms with van der Waals surface area (Å²) in [6.07, 6.45) is 6.37. The fourth-order valence-electron chi connectivity index (χ4n) is 3.54. The Hall–Kier alpha value is -1.36. The SMILES string of the molecule is Fc1ccc(NC(=S)NC2(CCc3ccccc3Cl)CCCC2)cc1Cl. The van der Waals surface area contributed by atoms with E-state index in [0.717, 1.165) is 36.3 Å². The molecule has 2 N–H and O–H groups in total. The summed E-state index contributed by atoms with van der Waals surface area (Å²) in [5, 5.41) is 8.04. The number of benzene rings is 2. The van der Waals surface area contributed by atoms with Crippen LogP contribution in [0.1, 0.15) is 37.7 Å². The van der Waals surface area contributed by atoms with Gasteiger partial charge in [-0.15, -0.1) is 0 Å². The predicted octanol–water partition coefficient (Wildman–Crippen LogP) is 6.36. The van der Waals surface area contributed by atoms with Crippen LogP contribution in [0.25, 0.3) is 0 Å². The molecule has 138 valence electrons. The van der Waals surface area contributed by atoms with Crippen LogP contribution < -0.4 is 10.6 Å². The Bertz CT molecular complexity index is 791. The fourth-order valence-corrected chi connectivity index (χ4v) is 4.29. The lowest BCUT2D eigenvalue weighted by Crippen LogP contribution is -2.48. The van der Waals surface area contributed by atoms with E-state index in [1.54, 1.807) is 6.07 Å². The number of rotatable bonds is 5. The van der Waals surface area contributed by atoms with Crippen molar-refractivity contribution in [3.63, 3.8) is 0 Å². The van der Waals surface area contributed by atoms with Crippen molar-refractivity contribution >= 4 is 46.2 Å². The van der Waals surface area contributed by atoms with Gasteiger partial charge in [0.15, 0.2) is 5.11 Å². The molecule has 2 aromatic rings. The molecule has 0 spiro atoms. The lowest BCUT2D eigenvalue weighted by Gasteiger charge is -2.32. The second kappa shape index (κ2) is 8.55.